The first-order valence-electron chi connectivity index (χ1n) is 10.5. The van der Waals surface area contributed by atoms with Crippen molar-refractivity contribution in [3.8, 4) is 11.5 Å². The van der Waals surface area contributed by atoms with E-state index < -0.39 is 0 Å². The molecule has 168 valence electrons. The number of hydrogen-bond donors (Lipinski definition) is 1. The van der Waals surface area contributed by atoms with Gasteiger partial charge in [-0.25, -0.2) is 0 Å². The van der Waals surface area contributed by atoms with Crippen LogP contribution in [0.4, 0.5) is 0 Å². The first-order chi connectivity index (χ1) is 13.7. The second-order valence-corrected chi connectivity index (χ2v) is 7.96. The normalized spacial score (nSPS) is 15.1. The van der Waals surface area contributed by atoms with Crippen LogP contribution in [0.15, 0.2) is 48.5 Å². The fourth-order valence-corrected chi connectivity index (χ4v) is 3.79. The number of piperazine rings is 1. The van der Waals surface area contributed by atoms with Crippen LogP contribution in [0.25, 0.3) is 0 Å². The minimum atomic E-state index is 0. The van der Waals surface area contributed by atoms with Crippen LogP contribution in [0.1, 0.15) is 43.9 Å². The fraction of sp³-hybridized carbons (Fsp3) is 0.500. The fourth-order valence-electron chi connectivity index (χ4n) is 3.79. The van der Waals surface area contributed by atoms with Crippen molar-refractivity contribution in [2.24, 2.45) is 5.92 Å². The molecule has 0 amide bonds. The zero-order valence-electron chi connectivity index (χ0n) is 18.3. The molecule has 1 fully saturated rings. The highest BCUT2D eigenvalue weighted by Crippen LogP contribution is 2.35. The van der Waals surface area contributed by atoms with E-state index in [2.05, 4.69) is 54.4 Å². The minimum absolute atomic E-state index is 0. The van der Waals surface area contributed by atoms with Crippen molar-refractivity contribution in [1.29, 1.82) is 0 Å². The molecule has 0 radical (unpaired) electrons. The van der Waals surface area contributed by atoms with Gasteiger partial charge in [-0.3, -0.25) is 4.90 Å². The first-order valence-corrected chi connectivity index (χ1v) is 10.5. The Labute approximate surface area is 194 Å². The molecule has 1 saturated heterocycles. The third-order valence-corrected chi connectivity index (χ3v) is 5.42. The van der Waals surface area contributed by atoms with Gasteiger partial charge in [-0.05, 0) is 42.0 Å². The lowest BCUT2D eigenvalue weighted by Gasteiger charge is -2.36. The molecule has 1 atom stereocenters. The molecular formula is C24H36Cl2N2O2. The molecule has 30 heavy (non-hydrogen) atoms. The lowest BCUT2D eigenvalue weighted by Crippen LogP contribution is -2.45. The number of nitrogens with one attached hydrogen (secondary N) is 1. The summed E-state index contributed by atoms with van der Waals surface area (Å²) in [6.45, 7) is 9.47. The standard InChI is InChI=1S/C24H34N2O2.2ClH/c1-19(2)9-11-22(26-15-13-25-14-16-26)21-10-12-23(24(17-21)27-3)28-18-20-7-5-4-6-8-20;;/h4-8,10,12,17,19,22,25H,9,11,13-16,18H2,1-3H3;2*1H/t22-;;/m0../s1. The third kappa shape index (κ3) is 7.66. The Hall–Kier alpha value is -1.46. The lowest BCUT2D eigenvalue weighted by molar-refractivity contribution is 0.159. The first kappa shape index (κ1) is 26.6. The molecule has 0 unspecified atom stereocenters. The van der Waals surface area contributed by atoms with E-state index in [4.69, 9.17) is 9.47 Å². The highest BCUT2D eigenvalue weighted by atomic mass is 35.5. The zero-order chi connectivity index (χ0) is 19.8. The third-order valence-electron chi connectivity index (χ3n) is 5.42. The van der Waals surface area contributed by atoms with Crippen molar-refractivity contribution in [1.82, 2.24) is 10.2 Å². The van der Waals surface area contributed by atoms with Gasteiger partial charge in [0.15, 0.2) is 11.5 Å². The maximum atomic E-state index is 6.04. The number of nitrogens with zero attached hydrogens (tertiary/aromatic N) is 1. The van der Waals surface area contributed by atoms with Gasteiger partial charge in [-0.1, -0.05) is 50.2 Å². The summed E-state index contributed by atoms with van der Waals surface area (Å²) < 4.78 is 11.7. The Morgan fingerprint density at radius 3 is 2.27 bits per heavy atom. The maximum Gasteiger partial charge on any atom is 0.161 e. The predicted octanol–water partition coefficient (Wildman–Crippen LogP) is 5.50. The Morgan fingerprint density at radius 2 is 1.63 bits per heavy atom. The number of ether oxygens (including phenoxy) is 2. The molecule has 3 rings (SSSR count). The quantitative estimate of drug-likeness (QED) is 0.542. The van der Waals surface area contributed by atoms with E-state index in [0.29, 0.717) is 18.6 Å². The summed E-state index contributed by atoms with van der Waals surface area (Å²) in [7, 11) is 1.72. The molecule has 0 aromatic heterocycles. The van der Waals surface area contributed by atoms with E-state index >= 15 is 0 Å². The van der Waals surface area contributed by atoms with E-state index in [1.807, 2.05) is 18.2 Å². The summed E-state index contributed by atoms with van der Waals surface area (Å²) in [5.74, 6) is 2.33. The predicted molar refractivity (Wildman–Crippen MR) is 130 cm³/mol. The van der Waals surface area contributed by atoms with Crippen molar-refractivity contribution < 1.29 is 9.47 Å². The highest BCUT2D eigenvalue weighted by Gasteiger charge is 2.23. The molecule has 0 bridgehead atoms. The van der Waals surface area contributed by atoms with Crippen molar-refractivity contribution in [2.75, 3.05) is 33.3 Å². The molecule has 2 aromatic carbocycles. The molecule has 0 spiro atoms. The van der Waals surface area contributed by atoms with Gasteiger partial charge in [-0.2, -0.15) is 0 Å². The van der Waals surface area contributed by atoms with Gasteiger partial charge in [-0.15, -0.1) is 24.8 Å². The number of benzene rings is 2. The van der Waals surface area contributed by atoms with Crippen LogP contribution in [0.2, 0.25) is 0 Å². The van der Waals surface area contributed by atoms with Crippen LogP contribution in [0.5, 0.6) is 11.5 Å². The van der Waals surface area contributed by atoms with Crippen LogP contribution < -0.4 is 14.8 Å². The molecule has 0 saturated carbocycles. The number of methoxy groups -OCH3 is 1. The van der Waals surface area contributed by atoms with Crippen LogP contribution in [0.3, 0.4) is 0 Å². The average Bonchev–Trinajstić information content (AvgIpc) is 2.74. The summed E-state index contributed by atoms with van der Waals surface area (Å²) in [6.07, 6.45) is 2.40. The van der Waals surface area contributed by atoms with Crippen molar-refractivity contribution in [2.45, 2.75) is 39.3 Å². The van der Waals surface area contributed by atoms with Gasteiger partial charge in [0.05, 0.1) is 7.11 Å². The molecule has 1 heterocycles. The van der Waals surface area contributed by atoms with E-state index in [9.17, 15) is 0 Å². The van der Waals surface area contributed by atoms with Crippen molar-refractivity contribution in [3.63, 3.8) is 0 Å². The summed E-state index contributed by atoms with van der Waals surface area (Å²) in [5.41, 5.74) is 2.48. The van der Waals surface area contributed by atoms with Crippen molar-refractivity contribution >= 4 is 24.8 Å². The Kier molecular flexibility index (Phi) is 12.2. The minimum Gasteiger partial charge on any atom is -0.493 e. The molecule has 1 aliphatic heterocycles. The monoisotopic (exact) mass is 454 g/mol. The molecule has 1 N–H and O–H groups in total. The van der Waals surface area contributed by atoms with Gasteiger partial charge in [0, 0.05) is 32.2 Å². The second kappa shape index (κ2) is 13.8. The van der Waals surface area contributed by atoms with Crippen LogP contribution in [-0.4, -0.2) is 38.2 Å². The molecule has 6 heteroatoms. The zero-order valence-corrected chi connectivity index (χ0v) is 19.9. The van der Waals surface area contributed by atoms with Gasteiger partial charge in [0.1, 0.15) is 6.61 Å². The molecule has 4 nitrogen and oxygen atoms in total. The summed E-state index contributed by atoms with van der Waals surface area (Å²) >= 11 is 0. The van der Waals surface area contributed by atoms with Gasteiger partial charge in [0.25, 0.3) is 0 Å². The smallest absolute Gasteiger partial charge is 0.161 e. The molecule has 0 aliphatic carbocycles. The topological polar surface area (TPSA) is 33.7 Å². The van der Waals surface area contributed by atoms with E-state index in [0.717, 1.165) is 43.2 Å². The molecule has 1 aliphatic rings. The second-order valence-electron chi connectivity index (χ2n) is 7.96. The Morgan fingerprint density at radius 1 is 0.933 bits per heavy atom. The number of rotatable bonds is 9. The van der Waals surface area contributed by atoms with Crippen LogP contribution >= 0.6 is 24.8 Å². The lowest BCUT2D eigenvalue weighted by atomic mass is 9.95. The molecular weight excluding hydrogens is 419 g/mol. The number of hydrogen-bond acceptors (Lipinski definition) is 4. The van der Waals surface area contributed by atoms with Crippen LogP contribution in [-0.2, 0) is 6.61 Å². The summed E-state index contributed by atoms with van der Waals surface area (Å²) in [4.78, 5) is 2.61. The van der Waals surface area contributed by atoms with Gasteiger partial charge < -0.3 is 14.8 Å². The average molecular weight is 455 g/mol. The summed E-state index contributed by atoms with van der Waals surface area (Å²) in [5, 5.41) is 3.46. The maximum absolute atomic E-state index is 6.04. The van der Waals surface area contributed by atoms with Crippen molar-refractivity contribution in [3.05, 3.63) is 59.7 Å². The number of halogens is 2. The summed E-state index contributed by atoms with van der Waals surface area (Å²) in [6, 6.07) is 17.1. The van der Waals surface area contributed by atoms with E-state index in [-0.39, 0.29) is 24.8 Å². The largest absolute Gasteiger partial charge is 0.493 e. The van der Waals surface area contributed by atoms with Gasteiger partial charge >= 0.3 is 0 Å². The highest BCUT2D eigenvalue weighted by molar-refractivity contribution is 5.85. The SMILES string of the molecule is COc1cc([C@H](CCC(C)C)N2CCNCC2)ccc1OCc1ccccc1.Cl.Cl. The van der Waals surface area contributed by atoms with E-state index in [1.165, 1.54) is 18.4 Å². The Balaban J connectivity index is 0.00000225. The Bertz CT molecular complexity index is 722. The van der Waals surface area contributed by atoms with Crippen LogP contribution in [0, 0.1) is 5.92 Å². The molecule has 2 aromatic rings. The van der Waals surface area contributed by atoms with Gasteiger partial charge in [0.2, 0.25) is 0 Å². The van der Waals surface area contributed by atoms with E-state index in [1.54, 1.807) is 7.11 Å².